The molecule has 2 aromatic carbocycles. The first-order valence-electron chi connectivity index (χ1n) is 7.74. The Morgan fingerprint density at radius 1 is 1.24 bits per heavy atom. The van der Waals surface area contributed by atoms with Crippen molar-refractivity contribution >= 4 is 29.4 Å². The zero-order valence-electron chi connectivity index (χ0n) is 13.6. The molecule has 3 rings (SSSR count). The molecule has 0 saturated heterocycles. The summed E-state index contributed by atoms with van der Waals surface area (Å²) < 4.78 is 18.6. The maximum absolute atomic E-state index is 13.7. The van der Waals surface area contributed by atoms with Crippen molar-refractivity contribution in [2.45, 2.75) is 12.8 Å². The fraction of sp³-hybridized carbons (Fsp3) is 0.158. The third kappa shape index (κ3) is 4.25. The van der Waals surface area contributed by atoms with Crippen molar-refractivity contribution < 1.29 is 13.9 Å². The summed E-state index contributed by atoms with van der Waals surface area (Å²) in [5, 5.41) is 3.42. The van der Waals surface area contributed by atoms with Crippen molar-refractivity contribution in [3.8, 4) is 5.75 Å². The number of benzene rings is 2. The van der Waals surface area contributed by atoms with Gasteiger partial charge in [-0.3, -0.25) is 4.79 Å². The summed E-state index contributed by atoms with van der Waals surface area (Å²) >= 11 is 5.96. The highest BCUT2D eigenvalue weighted by Gasteiger charge is 2.19. The largest absolute Gasteiger partial charge is 0.494 e. The van der Waals surface area contributed by atoms with Crippen LogP contribution in [0.15, 0.2) is 53.2 Å². The molecular weight excluding hydrogens is 343 g/mol. The minimum absolute atomic E-state index is 0.156. The van der Waals surface area contributed by atoms with Gasteiger partial charge < -0.3 is 10.1 Å². The van der Waals surface area contributed by atoms with Gasteiger partial charge in [-0.05, 0) is 47.9 Å². The van der Waals surface area contributed by atoms with E-state index in [9.17, 15) is 9.18 Å². The zero-order chi connectivity index (χ0) is 17.8. The summed E-state index contributed by atoms with van der Waals surface area (Å²) in [5.74, 6) is -0.0355. The van der Waals surface area contributed by atoms with Gasteiger partial charge in [0.15, 0.2) is 11.6 Å². The summed E-state index contributed by atoms with van der Waals surface area (Å²) in [7, 11) is 1.40. The number of halogens is 2. The fourth-order valence-electron chi connectivity index (χ4n) is 2.52. The van der Waals surface area contributed by atoms with E-state index >= 15 is 0 Å². The third-order valence-electron chi connectivity index (χ3n) is 3.76. The molecule has 25 heavy (non-hydrogen) atoms. The standard InChI is InChI=1S/C19H16ClFN2O2/c1-25-17-7-5-13(10-15(17)21)11-16-19(24)23-18(22-16)8-6-12-3-2-4-14(20)9-12/h2-5,7,9-11H,6,8H2,1H3,(H,22,23,24)/b16-11+. The van der Waals surface area contributed by atoms with E-state index in [0.717, 1.165) is 5.56 Å². The average Bonchev–Trinajstić information content (AvgIpc) is 2.93. The van der Waals surface area contributed by atoms with Gasteiger partial charge in [0.1, 0.15) is 11.5 Å². The number of amidine groups is 1. The van der Waals surface area contributed by atoms with E-state index in [4.69, 9.17) is 16.3 Å². The number of nitrogens with one attached hydrogen (secondary N) is 1. The van der Waals surface area contributed by atoms with Crippen LogP contribution < -0.4 is 10.1 Å². The number of ether oxygens (including phenoxy) is 1. The molecule has 0 radical (unpaired) electrons. The predicted molar refractivity (Wildman–Crippen MR) is 96.3 cm³/mol. The molecular formula is C19H16ClFN2O2. The van der Waals surface area contributed by atoms with E-state index in [0.29, 0.717) is 29.3 Å². The molecule has 1 aliphatic heterocycles. The van der Waals surface area contributed by atoms with Crippen molar-refractivity contribution in [3.05, 3.63) is 70.1 Å². The van der Waals surface area contributed by atoms with Crippen molar-refractivity contribution in [2.24, 2.45) is 4.99 Å². The molecule has 1 heterocycles. The molecule has 0 spiro atoms. The quantitative estimate of drug-likeness (QED) is 0.822. The fourth-order valence-corrected chi connectivity index (χ4v) is 2.73. The maximum atomic E-state index is 13.7. The van der Waals surface area contributed by atoms with E-state index in [1.807, 2.05) is 24.3 Å². The Bertz CT molecular complexity index is 877. The number of nitrogens with zero attached hydrogens (tertiary/aromatic N) is 1. The molecule has 0 unspecified atom stereocenters. The molecule has 1 aliphatic rings. The SMILES string of the molecule is COc1ccc(/C=C2/N=C(CCc3cccc(Cl)c3)NC2=O)cc1F. The van der Waals surface area contributed by atoms with Gasteiger partial charge in [0, 0.05) is 11.4 Å². The highest BCUT2D eigenvalue weighted by Crippen LogP contribution is 2.21. The van der Waals surface area contributed by atoms with Crippen molar-refractivity contribution in [1.82, 2.24) is 5.32 Å². The summed E-state index contributed by atoms with van der Waals surface area (Å²) in [4.78, 5) is 16.3. The lowest BCUT2D eigenvalue weighted by Crippen LogP contribution is -2.24. The monoisotopic (exact) mass is 358 g/mol. The first-order valence-corrected chi connectivity index (χ1v) is 8.11. The van der Waals surface area contributed by atoms with Crippen molar-refractivity contribution in [1.29, 1.82) is 0 Å². The number of carbonyl (C=O) groups excluding carboxylic acids is 1. The highest BCUT2D eigenvalue weighted by atomic mass is 35.5. The van der Waals surface area contributed by atoms with Gasteiger partial charge in [-0.15, -0.1) is 0 Å². The molecule has 0 atom stereocenters. The van der Waals surface area contributed by atoms with Crippen LogP contribution in [-0.4, -0.2) is 18.9 Å². The van der Waals surface area contributed by atoms with Crippen LogP contribution in [0.2, 0.25) is 5.02 Å². The predicted octanol–water partition coefficient (Wildman–Crippen LogP) is 3.99. The molecule has 2 aromatic rings. The van der Waals surface area contributed by atoms with Crippen LogP contribution in [0.3, 0.4) is 0 Å². The Kier molecular flexibility index (Phi) is 5.14. The van der Waals surface area contributed by atoms with E-state index in [-0.39, 0.29) is 17.4 Å². The van der Waals surface area contributed by atoms with Gasteiger partial charge in [0.05, 0.1) is 7.11 Å². The van der Waals surface area contributed by atoms with Crippen LogP contribution in [0.25, 0.3) is 6.08 Å². The Hall–Kier alpha value is -2.66. The molecule has 4 nitrogen and oxygen atoms in total. The lowest BCUT2D eigenvalue weighted by Gasteiger charge is -2.02. The second-order valence-corrected chi connectivity index (χ2v) is 6.00. The molecule has 128 valence electrons. The van der Waals surface area contributed by atoms with E-state index in [1.165, 1.54) is 19.2 Å². The van der Waals surface area contributed by atoms with Crippen LogP contribution in [0.5, 0.6) is 5.75 Å². The topological polar surface area (TPSA) is 50.7 Å². The lowest BCUT2D eigenvalue weighted by molar-refractivity contribution is -0.115. The highest BCUT2D eigenvalue weighted by molar-refractivity contribution is 6.30. The number of rotatable bonds is 5. The number of aliphatic imine (C=N–C) groups is 1. The molecule has 6 heteroatoms. The molecule has 0 bridgehead atoms. The van der Waals surface area contributed by atoms with E-state index in [2.05, 4.69) is 10.3 Å². The van der Waals surface area contributed by atoms with Gasteiger partial charge in [0.25, 0.3) is 5.91 Å². The number of carbonyl (C=O) groups is 1. The van der Waals surface area contributed by atoms with Crippen LogP contribution in [0.4, 0.5) is 4.39 Å². The molecule has 1 amide bonds. The Morgan fingerprint density at radius 3 is 2.80 bits per heavy atom. The van der Waals surface area contributed by atoms with Crippen LogP contribution in [0, 0.1) is 5.82 Å². The Labute approximate surface area is 150 Å². The second-order valence-electron chi connectivity index (χ2n) is 5.57. The summed E-state index contributed by atoms with van der Waals surface area (Å²) in [6, 6.07) is 12.0. The molecule has 0 aliphatic carbocycles. The van der Waals surface area contributed by atoms with Gasteiger partial charge in [-0.25, -0.2) is 9.38 Å². The minimum atomic E-state index is -0.486. The molecule has 0 saturated carbocycles. The summed E-state index contributed by atoms with van der Waals surface area (Å²) in [6.45, 7) is 0. The van der Waals surface area contributed by atoms with Gasteiger partial charge in [-0.1, -0.05) is 29.8 Å². The number of hydrogen-bond donors (Lipinski definition) is 1. The van der Waals surface area contributed by atoms with Gasteiger partial charge in [-0.2, -0.15) is 0 Å². The van der Waals surface area contributed by atoms with Crippen molar-refractivity contribution in [3.63, 3.8) is 0 Å². The maximum Gasteiger partial charge on any atom is 0.275 e. The van der Waals surface area contributed by atoms with Crippen LogP contribution in [-0.2, 0) is 11.2 Å². The van der Waals surface area contributed by atoms with Crippen molar-refractivity contribution in [2.75, 3.05) is 7.11 Å². The third-order valence-corrected chi connectivity index (χ3v) is 4.00. The van der Waals surface area contributed by atoms with Crippen LogP contribution >= 0.6 is 11.6 Å². The van der Waals surface area contributed by atoms with Crippen LogP contribution in [0.1, 0.15) is 17.5 Å². The summed E-state index contributed by atoms with van der Waals surface area (Å²) in [6.07, 6.45) is 2.84. The summed E-state index contributed by atoms with van der Waals surface area (Å²) in [5.41, 5.74) is 1.87. The lowest BCUT2D eigenvalue weighted by atomic mass is 10.1. The minimum Gasteiger partial charge on any atom is -0.494 e. The first kappa shape index (κ1) is 17.2. The van der Waals surface area contributed by atoms with E-state index < -0.39 is 5.82 Å². The number of aryl methyl sites for hydroxylation is 1. The van der Waals surface area contributed by atoms with Gasteiger partial charge in [0.2, 0.25) is 0 Å². The second kappa shape index (κ2) is 7.49. The average molecular weight is 359 g/mol. The molecule has 0 fully saturated rings. The molecule has 1 N–H and O–H groups in total. The van der Waals surface area contributed by atoms with E-state index in [1.54, 1.807) is 12.1 Å². The van der Waals surface area contributed by atoms with Gasteiger partial charge >= 0.3 is 0 Å². The normalized spacial score (nSPS) is 15.2. The smallest absolute Gasteiger partial charge is 0.275 e. The number of hydrogen-bond acceptors (Lipinski definition) is 3. The number of methoxy groups -OCH3 is 1. The molecule has 0 aromatic heterocycles. The Balaban J connectivity index is 1.72. The number of amides is 1. The Morgan fingerprint density at radius 2 is 2.08 bits per heavy atom. The first-order chi connectivity index (χ1) is 12.0. The zero-order valence-corrected chi connectivity index (χ0v) is 14.3.